The number of unbranched alkanes of at least 4 members (excludes halogenated alkanes) is 9. The molecule has 50 heavy (non-hydrogen) atoms. The molecule has 0 bridgehead atoms. The lowest BCUT2D eigenvalue weighted by Gasteiger charge is -2.28. The van der Waals surface area contributed by atoms with Gasteiger partial charge >= 0.3 is 11.9 Å². The minimum Gasteiger partial charge on any atom is -0.756 e. The van der Waals surface area contributed by atoms with Crippen LogP contribution < -0.4 is 4.89 Å². The van der Waals surface area contributed by atoms with Crippen LogP contribution in [-0.2, 0) is 32.7 Å². The van der Waals surface area contributed by atoms with Crippen LogP contribution in [0.3, 0.4) is 0 Å². The molecule has 0 aromatic heterocycles. The number of quaternary nitrogens is 1. The first-order valence-electron chi connectivity index (χ1n) is 19.0. The van der Waals surface area contributed by atoms with E-state index in [0.29, 0.717) is 23.9 Å². The topological polar surface area (TPSA) is 111 Å². The molecule has 0 saturated heterocycles. The van der Waals surface area contributed by atoms with Gasteiger partial charge in [-0.2, -0.15) is 0 Å². The average molecular weight is 724 g/mol. The summed E-state index contributed by atoms with van der Waals surface area (Å²) in [4.78, 5) is 37.2. The SMILES string of the molecule is CC/C=C/C/C=C/C/C=C/C/C=C/C/C=C/CCCC(=O)O[C@H](COC(=O)CCCCCCCCCCC)COP(=O)([O-])OCC[N+](C)(C)C. The highest BCUT2D eigenvalue weighted by atomic mass is 31.2. The van der Waals surface area contributed by atoms with Gasteiger partial charge in [0.05, 0.1) is 27.7 Å². The number of carbonyl (C=O) groups is 2. The Morgan fingerprint density at radius 1 is 0.640 bits per heavy atom. The molecule has 0 fully saturated rings. The van der Waals surface area contributed by atoms with E-state index in [4.69, 9.17) is 18.5 Å². The lowest BCUT2D eigenvalue weighted by atomic mass is 10.1. The van der Waals surface area contributed by atoms with Crippen LogP contribution in [-0.4, -0.2) is 70.0 Å². The van der Waals surface area contributed by atoms with E-state index in [9.17, 15) is 19.0 Å². The molecule has 0 heterocycles. The Morgan fingerprint density at radius 2 is 1.14 bits per heavy atom. The Morgan fingerprint density at radius 3 is 1.68 bits per heavy atom. The zero-order valence-electron chi connectivity index (χ0n) is 32.1. The number of hydrogen-bond donors (Lipinski definition) is 0. The fraction of sp³-hybridized carbons (Fsp3) is 0.700. The Bertz CT molecular complexity index is 1040. The van der Waals surface area contributed by atoms with Gasteiger partial charge in [-0.1, -0.05) is 126 Å². The Balaban J connectivity index is 4.55. The molecule has 0 aromatic carbocycles. The van der Waals surface area contributed by atoms with Crippen LogP contribution in [0.5, 0.6) is 0 Å². The third-order valence-electron chi connectivity index (χ3n) is 7.55. The zero-order chi connectivity index (χ0) is 37.2. The molecule has 0 aliphatic carbocycles. The number of rotatable bonds is 33. The van der Waals surface area contributed by atoms with Crippen LogP contribution in [0.4, 0.5) is 0 Å². The van der Waals surface area contributed by atoms with E-state index >= 15 is 0 Å². The van der Waals surface area contributed by atoms with Crippen molar-refractivity contribution in [3.63, 3.8) is 0 Å². The number of nitrogens with zero attached hydrogens (tertiary/aromatic N) is 1. The van der Waals surface area contributed by atoms with E-state index in [-0.39, 0.29) is 26.1 Å². The molecule has 0 saturated carbocycles. The summed E-state index contributed by atoms with van der Waals surface area (Å²) in [5, 5.41) is 0. The first-order valence-corrected chi connectivity index (χ1v) is 20.5. The molecule has 0 N–H and O–H groups in total. The van der Waals surface area contributed by atoms with Crippen molar-refractivity contribution in [2.24, 2.45) is 0 Å². The molecular formula is C40H70NO8P. The molecule has 0 aliphatic heterocycles. The van der Waals surface area contributed by atoms with Gasteiger partial charge in [0.2, 0.25) is 0 Å². The van der Waals surface area contributed by atoms with E-state index < -0.39 is 32.5 Å². The first-order chi connectivity index (χ1) is 24.0. The molecule has 0 radical (unpaired) electrons. The van der Waals surface area contributed by atoms with Crippen LogP contribution in [0.2, 0.25) is 0 Å². The number of likely N-dealkylation sites (N-methyl/N-ethyl adjacent to an activating group) is 1. The van der Waals surface area contributed by atoms with Gasteiger partial charge < -0.3 is 27.9 Å². The fourth-order valence-electron chi connectivity index (χ4n) is 4.57. The lowest BCUT2D eigenvalue weighted by molar-refractivity contribution is -0.870. The van der Waals surface area contributed by atoms with Gasteiger partial charge in [-0.05, 0) is 51.4 Å². The molecule has 0 aliphatic rings. The molecule has 0 amide bonds. The molecule has 9 nitrogen and oxygen atoms in total. The summed E-state index contributed by atoms with van der Waals surface area (Å²) >= 11 is 0. The molecule has 0 aromatic rings. The summed E-state index contributed by atoms with van der Waals surface area (Å²) in [5.74, 6) is -0.912. The second-order valence-corrected chi connectivity index (χ2v) is 15.0. The van der Waals surface area contributed by atoms with Crippen molar-refractivity contribution in [3.05, 3.63) is 60.8 Å². The predicted octanol–water partition coefficient (Wildman–Crippen LogP) is 9.49. The maximum absolute atomic E-state index is 12.6. The number of esters is 2. The highest BCUT2D eigenvalue weighted by molar-refractivity contribution is 7.45. The van der Waals surface area contributed by atoms with Gasteiger partial charge in [-0.25, -0.2) is 0 Å². The van der Waals surface area contributed by atoms with Crippen molar-refractivity contribution in [1.82, 2.24) is 0 Å². The second kappa shape index (κ2) is 32.6. The van der Waals surface area contributed by atoms with E-state index in [2.05, 4.69) is 68.5 Å². The quantitative estimate of drug-likeness (QED) is 0.0217. The summed E-state index contributed by atoms with van der Waals surface area (Å²) in [7, 11) is 1.12. The lowest BCUT2D eigenvalue weighted by Crippen LogP contribution is -2.37. The number of allylic oxidation sites excluding steroid dienone is 10. The molecule has 1 unspecified atom stereocenters. The summed E-state index contributed by atoms with van der Waals surface area (Å²) in [6.45, 7) is 3.99. The third-order valence-corrected chi connectivity index (χ3v) is 8.52. The third kappa shape index (κ3) is 35.5. The minimum atomic E-state index is -4.63. The summed E-state index contributed by atoms with van der Waals surface area (Å²) in [5.41, 5.74) is 0. The molecule has 288 valence electrons. The Labute approximate surface area is 305 Å². The average Bonchev–Trinajstić information content (AvgIpc) is 3.06. The molecule has 0 spiro atoms. The maximum atomic E-state index is 12.6. The van der Waals surface area contributed by atoms with Crippen molar-refractivity contribution in [3.8, 4) is 0 Å². The second-order valence-electron chi connectivity index (χ2n) is 13.6. The van der Waals surface area contributed by atoms with Crippen LogP contribution >= 0.6 is 7.82 Å². The van der Waals surface area contributed by atoms with Crippen LogP contribution in [0.1, 0.15) is 129 Å². The summed E-state index contributed by atoms with van der Waals surface area (Å²) in [6, 6.07) is 0. The molecule has 0 rings (SSSR count). The minimum absolute atomic E-state index is 0.0434. The highest BCUT2D eigenvalue weighted by Crippen LogP contribution is 2.38. The molecule has 10 heteroatoms. The van der Waals surface area contributed by atoms with E-state index in [1.54, 1.807) is 0 Å². The Kier molecular flexibility index (Phi) is 31.1. The van der Waals surface area contributed by atoms with E-state index in [1.165, 1.54) is 38.5 Å². The van der Waals surface area contributed by atoms with Crippen molar-refractivity contribution in [2.75, 3.05) is 47.5 Å². The number of ether oxygens (including phenoxy) is 2. The number of carbonyl (C=O) groups excluding carboxylic acids is 2. The van der Waals surface area contributed by atoms with E-state index in [0.717, 1.165) is 51.4 Å². The standard InChI is InChI=1S/C40H70NO8P/c1-6-8-10-12-14-16-17-18-19-20-21-22-23-25-27-29-31-33-40(43)49-38(37-48-50(44,45)47-35-34-41(3,4)5)36-46-39(42)32-30-28-26-24-15-13-11-9-7-2/h8,10,14,16,18-19,21-22,25,27,38H,6-7,9,11-13,15,17,20,23-24,26,28-37H2,1-5H3/b10-8+,16-14+,19-18+,22-21+,27-25+/t38-/m1/s1. The van der Waals surface area contributed by atoms with Gasteiger partial charge in [0.1, 0.15) is 19.8 Å². The number of phosphoric ester groups is 1. The van der Waals surface area contributed by atoms with E-state index in [1.807, 2.05) is 27.2 Å². The number of phosphoric acid groups is 1. The molecule has 2 atom stereocenters. The van der Waals surface area contributed by atoms with Crippen LogP contribution in [0.15, 0.2) is 60.8 Å². The van der Waals surface area contributed by atoms with Gasteiger partial charge in [0.15, 0.2) is 6.10 Å². The van der Waals surface area contributed by atoms with Crippen molar-refractivity contribution >= 4 is 19.8 Å². The zero-order valence-corrected chi connectivity index (χ0v) is 33.0. The van der Waals surface area contributed by atoms with Crippen LogP contribution in [0.25, 0.3) is 0 Å². The first kappa shape index (κ1) is 47.7. The highest BCUT2D eigenvalue weighted by Gasteiger charge is 2.21. The van der Waals surface area contributed by atoms with Gasteiger partial charge in [0.25, 0.3) is 7.82 Å². The predicted molar refractivity (Wildman–Crippen MR) is 203 cm³/mol. The smallest absolute Gasteiger partial charge is 0.306 e. The van der Waals surface area contributed by atoms with Gasteiger partial charge in [-0.3, -0.25) is 14.2 Å². The van der Waals surface area contributed by atoms with Crippen LogP contribution in [0, 0.1) is 0 Å². The summed E-state index contributed by atoms with van der Waals surface area (Å²) < 4.78 is 33.6. The van der Waals surface area contributed by atoms with Gasteiger partial charge in [0, 0.05) is 12.8 Å². The fourth-order valence-corrected chi connectivity index (χ4v) is 5.30. The summed E-state index contributed by atoms with van der Waals surface area (Å²) in [6.07, 6.45) is 36.9. The maximum Gasteiger partial charge on any atom is 0.306 e. The van der Waals surface area contributed by atoms with Crippen molar-refractivity contribution < 1.29 is 42.1 Å². The normalized spacial score (nSPS) is 14.4. The van der Waals surface area contributed by atoms with Gasteiger partial charge in [-0.15, -0.1) is 0 Å². The molecular weight excluding hydrogens is 653 g/mol. The monoisotopic (exact) mass is 723 g/mol. The Hall–Kier alpha value is -2.29. The van der Waals surface area contributed by atoms with Crippen molar-refractivity contribution in [2.45, 2.75) is 136 Å². The van der Waals surface area contributed by atoms with Crippen molar-refractivity contribution in [1.29, 1.82) is 0 Å². The largest absolute Gasteiger partial charge is 0.756 e. The number of hydrogen-bond acceptors (Lipinski definition) is 8.